The van der Waals surface area contributed by atoms with Gasteiger partial charge in [0.05, 0.1) is 17.4 Å². The molecule has 1 atom stereocenters. The zero-order valence-corrected chi connectivity index (χ0v) is 15.0. The second kappa shape index (κ2) is 6.93. The summed E-state index contributed by atoms with van der Waals surface area (Å²) >= 11 is 0. The van der Waals surface area contributed by atoms with Crippen molar-refractivity contribution in [3.63, 3.8) is 0 Å². The first-order valence-corrected chi connectivity index (χ1v) is 8.35. The predicted octanol–water partition coefficient (Wildman–Crippen LogP) is 2.80. The van der Waals surface area contributed by atoms with Crippen LogP contribution in [0.2, 0.25) is 0 Å². The molecule has 0 radical (unpaired) electrons. The summed E-state index contributed by atoms with van der Waals surface area (Å²) < 4.78 is 3.41. The molecule has 0 aliphatic rings. The van der Waals surface area contributed by atoms with E-state index >= 15 is 0 Å². The molecule has 25 heavy (non-hydrogen) atoms. The molecule has 1 N–H and O–H groups in total. The van der Waals surface area contributed by atoms with E-state index < -0.39 is 0 Å². The lowest BCUT2D eigenvalue weighted by atomic mass is 10.0. The highest BCUT2D eigenvalue weighted by Gasteiger charge is 2.22. The van der Waals surface area contributed by atoms with E-state index in [1.165, 1.54) is 0 Å². The summed E-state index contributed by atoms with van der Waals surface area (Å²) in [5, 5.41) is 11.8. The smallest absolute Gasteiger partial charge is 0.270 e. The van der Waals surface area contributed by atoms with Gasteiger partial charge in [-0.1, -0.05) is 44.2 Å². The largest absolute Gasteiger partial charge is 0.338 e. The summed E-state index contributed by atoms with van der Waals surface area (Å²) in [6, 6.07) is 13.4. The maximum atomic E-state index is 12.9. The molecule has 3 aromatic rings. The lowest BCUT2D eigenvalue weighted by Gasteiger charge is -2.19. The Balaban J connectivity index is 1.93. The third kappa shape index (κ3) is 3.47. The van der Waals surface area contributed by atoms with Crippen LogP contribution >= 0.6 is 0 Å². The van der Waals surface area contributed by atoms with Gasteiger partial charge in [-0.2, -0.15) is 10.2 Å². The Morgan fingerprint density at radius 2 is 1.80 bits per heavy atom. The van der Waals surface area contributed by atoms with Gasteiger partial charge in [0.15, 0.2) is 0 Å². The van der Waals surface area contributed by atoms with Crippen molar-refractivity contribution in [2.24, 2.45) is 14.1 Å². The minimum Gasteiger partial charge on any atom is -0.338 e. The number of benzene rings is 1. The Bertz CT molecular complexity index is 863. The second-order valence-corrected chi connectivity index (χ2v) is 6.43. The summed E-state index contributed by atoms with van der Waals surface area (Å²) in [6.45, 7) is 4.12. The SMILES string of the molecule is CC(C)c1cc(C(=O)N[C@H](c2ccccc2)c2ccnn2C)n(C)n1. The van der Waals surface area contributed by atoms with Crippen LogP contribution in [-0.2, 0) is 14.1 Å². The molecule has 0 unspecified atom stereocenters. The first kappa shape index (κ1) is 17.0. The van der Waals surface area contributed by atoms with E-state index in [2.05, 4.69) is 29.4 Å². The number of hydrogen-bond acceptors (Lipinski definition) is 3. The van der Waals surface area contributed by atoms with E-state index in [1.807, 2.05) is 49.5 Å². The maximum absolute atomic E-state index is 12.9. The summed E-state index contributed by atoms with van der Waals surface area (Å²) in [5.74, 6) is 0.117. The first-order chi connectivity index (χ1) is 12.0. The molecular formula is C19H23N5O. The normalized spacial score (nSPS) is 12.4. The zero-order valence-electron chi connectivity index (χ0n) is 15.0. The molecule has 3 rings (SSSR count). The Kier molecular flexibility index (Phi) is 4.70. The van der Waals surface area contributed by atoms with Crippen molar-refractivity contribution in [2.75, 3.05) is 0 Å². The van der Waals surface area contributed by atoms with Crippen LogP contribution in [0.25, 0.3) is 0 Å². The fourth-order valence-corrected chi connectivity index (χ4v) is 2.83. The van der Waals surface area contributed by atoms with Crippen molar-refractivity contribution in [3.8, 4) is 0 Å². The lowest BCUT2D eigenvalue weighted by molar-refractivity contribution is 0.0932. The van der Waals surface area contributed by atoms with Gasteiger partial charge in [0.25, 0.3) is 5.91 Å². The van der Waals surface area contributed by atoms with Gasteiger partial charge >= 0.3 is 0 Å². The number of nitrogens with zero attached hydrogens (tertiary/aromatic N) is 4. The molecule has 0 saturated heterocycles. The number of aryl methyl sites for hydroxylation is 2. The van der Waals surface area contributed by atoms with Crippen molar-refractivity contribution in [2.45, 2.75) is 25.8 Å². The molecule has 1 amide bonds. The van der Waals surface area contributed by atoms with Crippen molar-refractivity contribution in [1.82, 2.24) is 24.9 Å². The minimum atomic E-state index is -0.279. The third-order valence-electron chi connectivity index (χ3n) is 4.29. The Hall–Kier alpha value is -2.89. The average molecular weight is 337 g/mol. The molecular weight excluding hydrogens is 314 g/mol. The van der Waals surface area contributed by atoms with Gasteiger partial charge in [0, 0.05) is 20.3 Å². The molecule has 0 aliphatic heterocycles. The topological polar surface area (TPSA) is 64.7 Å². The van der Waals surface area contributed by atoms with Crippen LogP contribution in [0.15, 0.2) is 48.7 Å². The van der Waals surface area contributed by atoms with Crippen LogP contribution in [0.4, 0.5) is 0 Å². The van der Waals surface area contributed by atoms with Gasteiger partial charge in [-0.25, -0.2) is 0 Å². The fraction of sp³-hybridized carbons (Fsp3) is 0.316. The van der Waals surface area contributed by atoms with E-state index in [4.69, 9.17) is 0 Å². The minimum absolute atomic E-state index is 0.156. The van der Waals surface area contributed by atoms with E-state index in [-0.39, 0.29) is 17.9 Å². The Morgan fingerprint density at radius 3 is 2.36 bits per heavy atom. The molecule has 6 heteroatoms. The number of aromatic nitrogens is 4. The standard InChI is InChI=1S/C19H23N5O/c1-13(2)15-12-17(24(4)22-15)19(25)21-18(14-8-6-5-7-9-14)16-10-11-20-23(16)3/h5-13,18H,1-4H3,(H,21,25)/t18-/m1/s1. The summed E-state index contributed by atoms with van der Waals surface area (Å²) in [5.41, 5.74) is 3.38. The molecule has 2 aromatic heterocycles. The quantitative estimate of drug-likeness (QED) is 0.778. The van der Waals surface area contributed by atoms with Gasteiger partial charge in [0.1, 0.15) is 5.69 Å². The maximum Gasteiger partial charge on any atom is 0.270 e. The van der Waals surface area contributed by atoms with Crippen LogP contribution in [0.5, 0.6) is 0 Å². The summed E-state index contributed by atoms with van der Waals surface area (Å²) in [6.07, 6.45) is 1.73. The zero-order chi connectivity index (χ0) is 18.0. The fourth-order valence-electron chi connectivity index (χ4n) is 2.83. The van der Waals surface area contributed by atoms with Gasteiger partial charge < -0.3 is 5.32 Å². The van der Waals surface area contributed by atoms with Crippen LogP contribution in [0, 0.1) is 0 Å². The van der Waals surface area contributed by atoms with E-state index in [0.717, 1.165) is 17.0 Å². The van der Waals surface area contributed by atoms with Gasteiger partial charge in [-0.3, -0.25) is 14.2 Å². The molecule has 0 fully saturated rings. The molecule has 1 aromatic carbocycles. The number of carbonyl (C=O) groups is 1. The number of carbonyl (C=O) groups excluding carboxylic acids is 1. The van der Waals surface area contributed by atoms with Crippen molar-refractivity contribution >= 4 is 5.91 Å². The van der Waals surface area contributed by atoms with Crippen LogP contribution in [-0.4, -0.2) is 25.5 Å². The highest BCUT2D eigenvalue weighted by molar-refractivity contribution is 5.93. The highest BCUT2D eigenvalue weighted by Crippen LogP contribution is 2.22. The van der Waals surface area contributed by atoms with Gasteiger partial charge in [-0.05, 0) is 23.6 Å². The summed E-state index contributed by atoms with van der Waals surface area (Å²) in [7, 11) is 3.67. The molecule has 2 heterocycles. The molecule has 0 spiro atoms. The predicted molar refractivity (Wildman–Crippen MR) is 96.3 cm³/mol. The van der Waals surface area contributed by atoms with Crippen molar-refractivity contribution in [3.05, 3.63) is 71.3 Å². The number of amides is 1. The van der Waals surface area contributed by atoms with Crippen LogP contribution < -0.4 is 5.32 Å². The van der Waals surface area contributed by atoms with Crippen LogP contribution in [0.3, 0.4) is 0 Å². The number of nitrogens with one attached hydrogen (secondary N) is 1. The molecule has 0 aliphatic carbocycles. The molecule has 0 bridgehead atoms. The van der Waals surface area contributed by atoms with Crippen molar-refractivity contribution < 1.29 is 4.79 Å². The molecule has 6 nitrogen and oxygen atoms in total. The van der Waals surface area contributed by atoms with E-state index in [0.29, 0.717) is 5.69 Å². The van der Waals surface area contributed by atoms with Gasteiger partial charge in [-0.15, -0.1) is 0 Å². The average Bonchev–Trinajstić information content (AvgIpc) is 3.19. The number of rotatable bonds is 5. The van der Waals surface area contributed by atoms with Crippen molar-refractivity contribution in [1.29, 1.82) is 0 Å². The van der Waals surface area contributed by atoms with Gasteiger partial charge in [0.2, 0.25) is 0 Å². The molecule has 130 valence electrons. The highest BCUT2D eigenvalue weighted by atomic mass is 16.2. The van der Waals surface area contributed by atoms with Crippen LogP contribution in [0.1, 0.15) is 53.2 Å². The Morgan fingerprint density at radius 1 is 1.08 bits per heavy atom. The van der Waals surface area contributed by atoms with E-state index in [1.54, 1.807) is 22.6 Å². The lowest BCUT2D eigenvalue weighted by Crippen LogP contribution is -2.32. The third-order valence-corrected chi connectivity index (χ3v) is 4.29. The monoisotopic (exact) mass is 337 g/mol. The summed E-state index contributed by atoms with van der Waals surface area (Å²) in [4.78, 5) is 12.9. The number of hydrogen-bond donors (Lipinski definition) is 1. The Labute approximate surface area is 147 Å². The van der Waals surface area contributed by atoms with E-state index in [9.17, 15) is 4.79 Å². The molecule has 0 saturated carbocycles. The first-order valence-electron chi connectivity index (χ1n) is 8.35. The second-order valence-electron chi connectivity index (χ2n) is 6.43.